The first kappa shape index (κ1) is 8.48. The maximum absolute atomic E-state index is 10.1. The van der Waals surface area contributed by atoms with Crippen molar-refractivity contribution in [1.29, 1.82) is 0 Å². The fourth-order valence-electron chi connectivity index (χ4n) is 1.68. The monoisotopic (exact) mass is 171 g/mol. The van der Waals surface area contributed by atoms with E-state index in [0.717, 1.165) is 12.8 Å². The molecule has 1 saturated carbocycles. The Hall–Kier alpha value is -0.120. The highest BCUT2D eigenvalue weighted by atomic mass is 16.7. The van der Waals surface area contributed by atoms with Crippen molar-refractivity contribution in [3.05, 3.63) is 0 Å². The fraction of sp³-hybridized carbons (Fsp3) is 1.00. The predicted molar refractivity (Wildman–Crippen MR) is 42.2 cm³/mol. The van der Waals surface area contributed by atoms with Gasteiger partial charge in [-0.3, -0.25) is 0 Å². The van der Waals surface area contributed by atoms with Crippen molar-refractivity contribution in [2.75, 3.05) is 13.2 Å². The minimum Gasteiger partial charge on any atom is -0.353 e. The summed E-state index contributed by atoms with van der Waals surface area (Å²) in [5.41, 5.74) is 0.210. The molecule has 1 radical (unpaired) electrons. The van der Waals surface area contributed by atoms with Crippen molar-refractivity contribution in [2.24, 2.45) is 0 Å². The van der Waals surface area contributed by atoms with Gasteiger partial charge in [-0.05, 0) is 25.7 Å². The molecule has 1 aliphatic heterocycles. The van der Waals surface area contributed by atoms with Crippen LogP contribution in [0.4, 0.5) is 0 Å². The van der Waals surface area contributed by atoms with Gasteiger partial charge in [0.05, 0.1) is 18.8 Å². The fourth-order valence-corrected chi connectivity index (χ4v) is 1.68. The van der Waals surface area contributed by atoms with E-state index in [4.69, 9.17) is 9.47 Å². The molecule has 1 unspecified atom stereocenters. The number of rotatable bonds is 4. The van der Waals surface area contributed by atoms with Crippen LogP contribution in [0.25, 0.3) is 0 Å². The lowest BCUT2D eigenvalue weighted by molar-refractivity contribution is -0.142. The maximum Gasteiger partial charge on any atom is 0.158 e. The minimum atomic E-state index is -0.0438. The summed E-state index contributed by atoms with van der Waals surface area (Å²) in [4.78, 5) is 0. The van der Waals surface area contributed by atoms with Gasteiger partial charge >= 0.3 is 0 Å². The molecule has 2 fully saturated rings. The second kappa shape index (κ2) is 3.32. The van der Waals surface area contributed by atoms with E-state index in [-0.39, 0.29) is 18.5 Å². The first-order chi connectivity index (χ1) is 5.85. The highest BCUT2D eigenvalue weighted by Gasteiger charge is 2.50. The summed E-state index contributed by atoms with van der Waals surface area (Å²) in [7, 11) is 0. The summed E-state index contributed by atoms with van der Waals surface area (Å²) in [6.07, 6.45) is 5.16. The van der Waals surface area contributed by atoms with E-state index in [9.17, 15) is 5.11 Å². The van der Waals surface area contributed by atoms with Gasteiger partial charge in [-0.2, -0.15) is 0 Å². The Morgan fingerprint density at radius 1 is 1.42 bits per heavy atom. The molecule has 1 spiro atoms. The van der Waals surface area contributed by atoms with Gasteiger partial charge in [-0.1, -0.05) is 0 Å². The van der Waals surface area contributed by atoms with Crippen LogP contribution in [0, 0.1) is 0 Å². The largest absolute Gasteiger partial charge is 0.353 e. The lowest BCUT2D eigenvalue weighted by atomic mass is 10.2. The number of hydrogen-bond acceptors (Lipinski definition) is 2. The van der Waals surface area contributed by atoms with Crippen molar-refractivity contribution in [2.45, 2.75) is 44.0 Å². The molecule has 1 aliphatic carbocycles. The Balaban J connectivity index is 1.63. The topological polar surface area (TPSA) is 38.4 Å². The van der Waals surface area contributed by atoms with Gasteiger partial charge in [-0.15, -0.1) is 0 Å². The molecule has 1 atom stereocenters. The van der Waals surface area contributed by atoms with Gasteiger partial charge in [0, 0.05) is 6.42 Å². The van der Waals surface area contributed by atoms with Crippen molar-refractivity contribution in [3.8, 4) is 0 Å². The zero-order valence-electron chi connectivity index (χ0n) is 7.25. The van der Waals surface area contributed by atoms with Crippen LogP contribution >= 0.6 is 0 Å². The van der Waals surface area contributed by atoms with E-state index in [1.165, 1.54) is 12.8 Å². The van der Waals surface area contributed by atoms with E-state index >= 15 is 0 Å². The Kier molecular flexibility index (Phi) is 2.35. The molecule has 2 aliphatic rings. The van der Waals surface area contributed by atoms with E-state index in [0.29, 0.717) is 13.0 Å². The Morgan fingerprint density at radius 2 is 2.25 bits per heavy atom. The summed E-state index contributed by atoms with van der Waals surface area (Å²) in [5.74, 6) is 0. The zero-order valence-corrected chi connectivity index (χ0v) is 7.25. The van der Waals surface area contributed by atoms with Gasteiger partial charge < -0.3 is 9.47 Å². The van der Waals surface area contributed by atoms with Gasteiger partial charge in [0.15, 0.2) is 6.29 Å². The van der Waals surface area contributed by atoms with Crippen LogP contribution in [0.3, 0.4) is 0 Å². The predicted octanol–water partition coefficient (Wildman–Crippen LogP) is 1.49. The lowest BCUT2D eigenvalue weighted by Gasteiger charge is -2.12. The van der Waals surface area contributed by atoms with Crippen molar-refractivity contribution in [3.63, 3.8) is 0 Å². The molecule has 3 nitrogen and oxygen atoms in total. The standard InChI is InChI=1S/C9H15O3/c10-6-1-7-11-8-2-3-9(12-8)4-5-9/h8H,1-7H2. The van der Waals surface area contributed by atoms with E-state index in [1.54, 1.807) is 0 Å². The molecule has 0 amide bonds. The molecular weight excluding hydrogens is 156 g/mol. The van der Waals surface area contributed by atoms with Gasteiger partial charge in [0.1, 0.15) is 0 Å². The van der Waals surface area contributed by atoms with Crippen LogP contribution in [0.2, 0.25) is 0 Å². The van der Waals surface area contributed by atoms with Gasteiger partial charge in [0.25, 0.3) is 0 Å². The molecule has 3 heteroatoms. The van der Waals surface area contributed by atoms with Gasteiger partial charge in [-0.25, -0.2) is 5.11 Å². The molecule has 2 rings (SSSR count). The molecule has 1 saturated heterocycles. The summed E-state index contributed by atoms with van der Waals surface area (Å²) < 4.78 is 11.1. The second-order valence-corrected chi connectivity index (χ2v) is 3.70. The molecule has 69 valence electrons. The molecule has 1 heterocycles. The van der Waals surface area contributed by atoms with E-state index in [1.807, 2.05) is 0 Å². The molecule has 12 heavy (non-hydrogen) atoms. The normalized spacial score (nSPS) is 31.2. The van der Waals surface area contributed by atoms with Crippen LogP contribution in [-0.2, 0) is 14.6 Å². The average Bonchev–Trinajstić information content (AvgIpc) is 2.68. The third kappa shape index (κ3) is 1.79. The Bertz CT molecular complexity index is 154. The summed E-state index contributed by atoms with van der Waals surface area (Å²) in [6.45, 7) is 0.516. The van der Waals surface area contributed by atoms with Crippen molar-refractivity contribution < 1.29 is 14.6 Å². The Morgan fingerprint density at radius 3 is 2.83 bits per heavy atom. The molecule has 0 N–H and O–H groups in total. The van der Waals surface area contributed by atoms with Crippen molar-refractivity contribution in [1.82, 2.24) is 0 Å². The van der Waals surface area contributed by atoms with E-state index in [2.05, 4.69) is 0 Å². The summed E-state index contributed by atoms with van der Waals surface area (Å²) >= 11 is 0. The first-order valence-corrected chi connectivity index (χ1v) is 4.72. The lowest BCUT2D eigenvalue weighted by Crippen LogP contribution is -2.15. The molecule has 0 bridgehead atoms. The van der Waals surface area contributed by atoms with Gasteiger partial charge in [0.2, 0.25) is 0 Å². The zero-order chi connectivity index (χ0) is 8.44. The SMILES string of the molecule is [O]CCCOC1CCC2(CC2)O1. The Labute approximate surface area is 72.7 Å². The maximum atomic E-state index is 10.1. The average molecular weight is 171 g/mol. The number of hydrogen-bond donors (Lipinski definition) is 0. The highest BCUT2D eigenvalue weighted by Crippen LogP contribution is 2.49. The third-order valence-electron chi connectivity index (χ3n) is 2.62. The van der Waals surface area contributed by atoms with Crippen LogP contribution in [0.5, 0.6) is 0 Å². The van der Waals surface area contributed by atoms with Crippen LogP contribution < -0.4 is 0 Å². The quantitative estimate of drug-likeness (QED) is 0.601. The van der Waals surface area contributed by atoms with Crippen molar-refractivity contribution >= 4 is 0 Å². The van der Waals surface area contributed by atoms with Crippen LogP contribution in [0.15, 0.2) is 0 Å². The molecular formula is C9H15O3. The molecule has 0 aromatic rings. The van der Waals surface area contributed by atoms with Crippen LogP contribution in [-0.4, -0.2) is 25.1 Å². The first-order valence-electron chi connectivity index (χ1n) is 4.72. The highest BCUT2D eigenvalue weighted by molar-refractivity contribution is 4.99. The summed E-state index contributed by atoms with van der Waals surface area (Å²) in [6, 6.07) is 0. The van der Waals surface area contributed by atoms with E-state index < -0.39 is 0 Å². The van der Waals surface area contributed by atoms with Crippen LogP contribution in [0.1, 0.15) is 32.1 Å². The second-order valence-electron chi connectivity index (χ2n) is 3.70. The summed E-state index contributed by atoms with van der Waals surface area (Å²) in [5, 5.41) is 10.1. The molecule has 0 aromatic heterocycles. The number of ether oxygens (including phenoxy) is 2. The molecule has 0 aromatic carbocycles. The third-order valence-corrected chi connectivity index (χ3v) is 2.62. The smallest absolute Gasteiger partial charge is 0.158 e. The minimum absolute atomic E-state index is 0.0148.